The van der Waals surface area contributed by atoms with E-state index in [9.17, 15) is 26.8 Å². The number of sulfonamides is 1. The maximum atomic E-state index is 13.1. The molecule has 0 heterocycles. The van der Waals surface area contributed by atoms with Crippen LogP contribution >= 0.6 is 0 Å². The highest BCUT2D eigenvalue weighted by molar-refractivity contribution is 7.89. The highest BCUT2D eigenvalue weighted by Crippen LogP contribution is 2.14. The van der Waals surface area contributed by atoms with E-state index in [1.807, 2.05) is 0 Å². The van der Waals surface area contributed by atoms with Crippen molar-refractivity contribution >= 4 is 27.4 Å². The summed E-state index contributed by atoms with van der Waals surface area (Å²) < 4.78 is 52.1. The summed E-state index contributed by atoms with van der Waals surface area (Å²) >= 11 is 0. The number of carbonyl (C=O) groups is 2. The summed E-state index contributed by atoms with van der Waals surface area (Å²) in [5.41, 5.74) is 0.841. The Kier molecular flexibility index (Phi) is 6.17. The normalized spacial score (nSPS) is 11.2. The Morgan fingerprint density at radius 2 is 1.77 bits per heavy atom. The molecular formula is C17H16F2N2O4S. The minimum absolute atomic E-state index is 0.152. The number of amides is 1. The second-order valence-corrected chi connectivity index (χ2v) is 7.18. The van der Waals surface area contributed by atoms with Gasteiger partial charge in [0.25, 0.3) is 0 Å². The molecule has 0 aromatic heterocycles. The summed E-state index contributed by atoms with van der Waals surface area (Å²) in [6.45, 7) is 1.16. The molecular weight excluding hydrogens is 366 g/mol. The monoisotopic (exact) mass is 382 g/mol. The second-order valence-electron chi connectivity index (χ2n) is 5.41. The highest BCUT2D eigenvalue weighted by Gasteiger charge is 2.16. The van der Waals surface area contributed by atoms with Crippen molar-refractivity contribution in [1.29, 1.82) is 0 Å². The van der Waals surface area contributed by atoms with Crippen LogP contribution in [0.25, 0.3) is 0 Å². The first-order valence-electron chi connectivity index (χ1n) is 7.54. The van der Waals surface area contributed by atoms with Gasteiger partial charge < -0.3 is 5.32 Å². The van der Waals surface area contributed by atoms with Crippen molar-refractivity contribution in [3.05, 3.63) is 59.7 Å². The van der Waals surface area contributed by atoms with Crippen molar-refractivity contribution in [1.82, 2.24) is 4.72 Å². The number of anilines is 1. The fourth-order valence-corrected chi connectivity index (χ4v) is 3.11. The second kappa shape index (κ2) is 8.15. The Bertz CT molecular complexity index is 946. The van der Waals surface area contributed by atoms with Gasteiger partial charge in [-0.05, 0) is 37.3 Å². The van der Waals surface area contributed by atoms with E-state index >= 15 is 0 Å². The van der Waals surface area contributed by atoms with Crippen LogP contribution in [-0.2, 0) is 14.8 Å². The van der Waals surface area contributed by atoms with Gasteiger partial charge in [-0.15, -0.1) is 0 Å². The van der Waals surface area contributed by atoms with Gasteiger partial charge in [-0.3, -0.25) is 9.59 Å². The van der Waals surface area contributed by atoms with Crippen LogP contribution in [0, 0.1) is 11.6 Å². The van der Waals surface area contributed by atoms with Crippen LogP contribution in [0.2, 0.25) is 0 Å². The number of rotatable bonds is 7. The highest BCUT2D eigenvalue weighted by atomic mass is 32.2. The lowest BCUT2D eigenvalue weighted by Gasteiger charge is -2.08. The average molecular weight is 382 g/mol. The molecule has 138 valence electrons. The molecule has 0 spiro atoms. The lowest BCUT2D eigenvalue weighted by molar-refractivity contribution is -0.116. The van der Waals surface area contributed by atoms with E-state index in [2.05, 4.69) is 10.0 Å². The first-order valence-corrected chi connectivity index (χ1v) is 9.03. The van der Waals surface area contributed by atoms with Crippen molar-refractivity contribution in [3.8, 4) is 0 Å². The largest absolute Gasteiger partial charge is 0.326 e. The Labute approximate surface area is 149 Å². The van der Waals surface area contributed by atoms with Crippen LogP contribution in [0.3, 0.4) is 0 Å². The Morgan fingerprint density at radius 3 is 2.42 bits per heavy atom. The number of nitrogens with one attached hydrogen (secondary N) is 2. The summed E-state index contributed by atoms with van der Waals surface area (Å²) in [4.78, 5) is 22.7. The number of hydrogen-bond donors (Lipinski definition) is 2. The number of ketones is 1. The van der Waals surface area contributed by atoms with Crippen molar-refractivity contribution in [3.63, 3.8) is 0 Å². The minimum Gasteiger partial charge on any atom is -0.326 e. The third-order valence-corrected chi connectivity index (χ3v) is 4.86. The minimum atomic E-state index is -4.07. The van der Waals surface area contributed by atoms with Gasteiger partial charge in [0.1, 0.15) is 0 Å². The van der Waals surface area contributed by atoms with E-state index in [1.54, 1.807) is 18.2 Å². The van der Waals surface area contributed by atoms with Crippen LogP contribution in [0.15, 0.2) is 47.4 Å². The SMILES string of the molecule is CC(=O)c1cccc(NC(=O)CCNS(=O)(=O)c2ccc(F)c(F)c2)c1. The molecule has 2 aromatic rings. The fourth-order valence-electron chi connectivity index (χ4n) is 2.07. The molecule has 2 aromatic carbocycles. The van der Waals surface area contributed by atoms with Crippen molar-refractivity contribution < 1.29 is 26.8 Å². The van der Waals surface area contributed by atoms with Crippen LogP contribution in [0.1, 0.15) is 23.7 Å². The third-order valence-electron chi connectivity index (χ3n) is 3.40. The van der Waals surface area contributed by atoms with Crippen LogP contribution in [0.4, 0.5) is 14.5 Å². The van der Waals surface area contributed by atoms with Gasteiger partial charge in [-0.25, -0.2) is 21.9 Å². The molecule has 2 rings (SSSR count). The van der Waals surface area contributed by atoms with Gasteiger partial charge in [0.2, 0.25) is 15.9 Å². The van der Waals surface area contributed by atoms with Gasteiger partial charge in [0.05, 0.1) is 4.90 Å². The predicted octanol–water partition coefficient (Wildman–Crippen LogP) is 2.47. The number of benzene rings is 2. The maximum absolute atomic E-state index is 13.1. The van der Waals surface area contributed by atoms with E-state index in [0.717, 1.165) is 6.07 Å². The molecule has 26 heavy (non-hydrogen) atoms. The molecule has 0 radical (unpaired) electrons. The summed E-state index contributed by atoms with van der Waals surface area (Å²) in [7, 11) is -4.07. The van der Waals surface area contributed by atoms with Crippen molar-refractivity contribution in [2.75, 3.05) is 11.9 Å². The molecule has 1 amide bonds. The number of halogens is 2. The fraction of sp³-hybridized carbons (Fsp3) is 0.176. The van der Waals surface area contributed by atoms with Gasteiger partial charge in [-0.2, -0.15) is 0 Å². The molecule has 2 N–H and O–H groups in total. The van der Waals surface area contributed by atoms with E-state index in [0.29, 0.717) is 23.4 Å². The van der Waals surface area contributed by atoms with Crippen LogP contribution < -0.4 is 10.0 Å². The first kappa shape index (κ1) is 19.7. The Hall–Kier alpha value is -2.65. The van der Waals surface area contributed by atoms with Gasteiger partial charge in [0, 0.05) is 24.2 Å². The van der Waals surface area contributed by atoms with Crippen LogP contribution in [0.5, 0.6) is 0 Å². The standard InChI is InChI=1S/C17H16F2N2O4S/c1-11(22)12-3-2-4-13(9-12)21-17(23)7-8-20-26(24,25)14-5-6-15(18)16(19)10-14/h2-6,9-10,20H,7-8H2,1H3,(H,21,23). The van der Waals surface area contributed by atoms with Gasteiger partial charge >= 0.3 is 0 Å². The molecule has 0 saturated heterocycles. The number of hydrogen-bond acceptors (Lipinski definition) is 4. The zero-order chi connectivity index (χ0) is 19.3. The molecule has 0 unspecified atom stereocenters. The maximum Gasteiger partial charge on any atom is 0.240 e. The predicted molar refractivity (Wildman–Crippen MR) is 91.2 cm³/mol. The molecule has 0 aliphatic heterocycles. The average Bonchev–Trinajstić information content (AvgIpc) is 2.57. The zero-order valence-electron chi connectivity index (χ0n) is 13.8. The van der Waals surface area contributed by atoms with Crippen molar-refractivity contribution in [2.24, 2.45) is 0 Å². The molecule has 0 aliphatic carbocycles. The Morgan fingerprint density at radius 1 is 1.04 bits per heavy atom. The molecule has 0 saturated carbocycles. The lowest BCUT2D eigenvalue weighted by Crippen LogP contribution is -2.28. The molecule has 0 atom stereocenters. The smallest absolute Gasteiger partial charge is 0.240 e. The van der Waals surface area contributed by atoms with Crippen molar-refractivity contribution in [2.45, 2.75) is 18.2 Å². The first-order chi connectivity index (χ1) is 12.2. The van der Waals surface area contributed by atoms with Crippen LogP contribution in [-0.4, -0.2) is 26.7 Å². The van der Waals surface area contributed by atoms with Gasteiger partial charge in [0.15, 0.2) is 17.4 Å². The Balaban J connectivity index is 1.92. The summed E-state index contributed by atoms with van der Waals surface area (Å²) in [5.74, 6) is -3.06. The summed E-state index contributed by atoms with van der Waals surface area (Å²) in [6, 6.07) is 8.51. The van der Waals surface area contributed by atoms with E-state index < -0.39 is 32.5 Å². The molecule has 6 nitrogen and oxygen atoms in total. The molecule has 0 fully saturated rings. The summed E-state index contributed by atoms with van der Waals surface area (Å²) in [6.07, 6.45) is -0.187. The third kappa shape index (κ3) is 5.17. The quantitative estimate of drug-likeness (QED) is 0.720. The number of Topliss-reactive ketones (excluding diaryl/α,β-unsaturated/α-hetero) is 1. The van der Waals surface area contributed by atoms with E-state index in [4.69, 9.17) is 0 Å². The van der Waals surface area contributed by atoms with Gasteiger partial charge in [-0.1, -0.05) is 12.1 Å². The number of carbonyl (C=O) groups excluding carboxylic acids is 2. The zero-order valence-corrected chi connectivity index (χ0v) is 14.6. The summed E-state index contributed by atoms with van der Waals surface area (Å²) in [5, 5.41) is 2.54. The lowest BCUT2D eigenvalue weighted by atomic mass is 10.1. The molecule has 0 aliphatic rings. The topological polar surface area (TPSA) is 92.3 Å². The molecule has 9 heteroatoms. The van der Waals surface area contributed by atoms with E-state index in [1.165, 1.54) is 13.0 Å². The molecule has 0 bridgehead atoms. The van der Waals surface area contributed by atoms with E-state index in [-0.39, 0.29) is 18.7 Å².